The fraction of sp³-hybridized carbons (Fsp3) is 0.556. The van der Waals surface area contributed by atoms with Gasteiger partial charge < -0.3 is 5.32 Å². The molecule has 0 atom stereocenters. The lowest BCUT2D eigenvalue weighted by atomic mass is 9.77. The molecule has 1 aromatic heterocycles. The highest BCUT2D eigenvalue weighted by Crippen LogP contribution is 2.35. The molecular formula is C18H27NS. The average molecular weight is 289 g/mol. The molecule has 2 aromatic rings. The summed E-state index contributed by atoms with van der Waals surface area (Å²) in [5, 5.41) is 7.47. The summed E-state index contributed by atoms with van der Waals surface area (Å²) < 4.78 is 1.42. The monoisotopic (exact) mass is 289 g/mol. The first kappa shape index (κ1) is 15.5. The molecule has 0 saturated heterocycles. The van der Waals surface area contributed by atoms with Crippen molar-refractivity contribution in [2.24, 2.45) is 5.41 Å². The molecule has 110 valence electrons. The number of hydrogen-bond donors (Lipinski definition) is 1. The van der Waals surface area contributed by atoms with Gasteiger partial charge in [-0.15, -0.1) is 11.3 Å². The molecule has 0 amide bonds. The third-order valence-electron chi connectivity index (χ3n) is 4.55. The Morgan fingerprint density at radius 1 is 1.10 bits per heavy atom. The smallest absolute Gasteiger partial charge is 0.0345 e. The SMILES string of the molecule is CCCNCC(CC)(CC)Cc1csc2ccccc12. The van der Waals surface area contributed by atoms with Crippen LogP contribution in [0, 0.1) is 5.41 Å². The largest absolute Gasteiger partial charge is 0.316 e. The van der Waals surface area contributed by atoms with Gasteiger partial charge in [-0.3, -0.25) is 0 Å². The van der Waals surface area contributed by atoms with Crippen LogP contribution in [-0.2, 0) is 6.42 Å². The van der Waals surface area contributed by atoms with Gasteiger partial charge in [-0.25, -0.2) is 0 Å². The first-order valence-corrected chi connectivity index (χ1v) is 8.78. The fourth-order valence-corrected chi connectivity index (χ4v) is 3.88. The van der Waals surface area contributed by atoms with E-state index in [-0.39, 0.29) is 0 Å². The maximum atomic E-state index is 3.64. The maximum Gasteiger partial charge on any atom is 0.0345 e. The zero-order valence-corrected chi connectivity index (χ0v) is 13.9. The Kier molecular flexibility index (Phi) is 5.62. The summed E-state index contributed by atoms with van der Waals surface area (Å²) in [5.74, 6) is 0. The van der Waals surface area contributed by atoms with Crippen molar-refractivity contribution in [2.45, 2.75) is 46.5 Å². The van der Waals surface area contributed by atoms with E-state index in [1.54, 1.807) is 0 Å². The van der Waals surface area contributed by atoms with Crippen molar-refractivity contribution in [3.05, 3.63) is 35.2 Å². The molecule has 1 nitrogen and oxygen atoms in total. The summed E-state index contributed by atoms with van der Waals surface area (Å²) >= 11 is 1.88. The van der Waals surface area contributed by atoms with Gasteiger partial charge >= 0.3 is 0 Å². The van der Waals surface area contributed by atoms with Gasteiger partial charge in [0.15, 0.2) is 0 Å². The van der Waals surface area contributed by atoms with E-state index >= 15 is 0 Å². The Morgan fingerprint density at radius 2 is 1.85 bits per heavy atom. The van der Waals surface area contributed by atoms with Gasteiger partial charge in [-0.2, -0.15) is 0 Å². The Balaban J connectivity index is 2.18. The summed E-state index contributed by atoms with van der Waals surface area (Å²) in [6, 6.07) is 8.81. The lowest BCUT2D eigenvalue weighted by Gasteiger charge is -2.32. The number of benzene rings is 1. The Hall–Kier alpha value is -0.860. The summed E-state index contributed by atoms with van der Waals surface area (Å²) in [6.45, 7) is 9.18. The number of rotatable bonds is 8. The van der Waals surface area contributed by atoms with E-state index < -0.39 is 0 Å². The summed E-state index contributed by atoms with van der Waals surface area (Å²) in [7, 11) is 0. The first-order valence-electron chi connectivity index (χ1n) is 7.90. The molecule has 0 unspecified atom stereocenters. The molecule has 0 aliphatic rings. The molecule has 0 aliphatic heterocycles. The Bertz CT molecular complexity index is 525. The molecule has 0 spiro atoms. The number of fused-ring (bicyclic) bond motifs is 1. The zero-order valence-electron chi connectivity index (χ0n) is 13.0. The molecule has 20 heavy (non-hydrogen) atoms. The lowest BCUT2D eigenvalue weighted by Crippen LogP contribution is -2.35. The molecule has 0 aliphatic carbocycles. The van der Waals surface area contributed by atoms with E-state index in [1.165, 1.54) is 41.3 Å². The average Bonchev–Trinajstić information content (AvgIpc) is 2.89. The van der Waals surface area contributed by atoms with Crippen molar-refractivity contribution >= 4 is 21.4 Å². The molecule has 2 rings (SSSR count). The van der Waals surface area contributed by atoms with Gasteiger partial charge in [0.05, 0.1) is 0 Å². The third-order valence-corrected chi connectivity index (χ3v) is 5.57. The van der Waals surface area contributed by atoms with Gasteiger partial charge in [0, 0.05) is 11.2 Å². The van der Waals surface area contributed by atoms with Crippen LogP contribution >= 0.6 is 11.3 Å². The van der Waals surface area contributed by atoms with Crippen LogP contribution < -0.4 is 5.32 Å². The zero-order chi connectivity index (χ0) is 14.4. The minimum Gasteiger partial charge on any atom is -0.316 e. The summed E-state index contributed by atoms with van der Waals surface area (Å²) in [5.41, 5.74) is 1.94. The normalized spacial score (nSPS) is 12.2. The van der Waals surface area contributed by atoms with Gasteiger partial charge in [-0.05, 0) is 60.0 Å². The molecule has 0 fully saturated rings. The molecule has 0 saturated carbocycles. The molecule has 2 heteroatoms. The van der Waals surface area contributed by atoms with Crippen molar-refractivity contribution in [3.8, 4) is 0 Å². The predicted molar refractivity (Wildman–Crippen MR) is 91.7 cm³/mol. The van der Waals surface area contributed by atoms with Crippen LogP contribution in [0.2, 0.25) is 0 Å². The van der Waals surface area contributed by atoms with Crippen LogP contribution in [-0.4, -0.2) is 13.1 Å². The molecular weight excluding hydrogens is 262 g/mol. The number of hydrogen-bond acceptors (Lipinski definition) is 2. The van der Waals surface area contributed by atoms with E-state index in [1.807, 2.05) is 11.3 Å². The van der Waals surface area contributed by atoms with Crippen LogP contribution in [0.3, 0.4) is 0 Å². The molecule has 0 radical (unpaired) electrons. The Morgan fingerprint density at radius 3 is 2.55 bits per heavy atom. The van der Waals surface area contributed by atoms with Gasteiger partial charge in [-0.1, -0.05) is 39.0 Å². The van der Waals surface area contributed by atoms with Crippen molar-refractivity contribution in [3.63, 3.8) is 0 Å². The summed E-state index contributed by atoms with van der Waals surface area (Å²) in [6.07, 6.45) is 4.89. The van der Waals surface area contributed by atoms with Crippen LogP contribution in [0.4, 0.5) is 0 Å². The molecule has 1 N–H and O–H groups in total. The highest BCUT2D eigenvalue weighted by Gasteiger charge is 2.27. The second-order valence-electron chi connectivity index (χ2n) is 5.82. The summed E-state index contributed by atoms with van der Waals surface area (Å²) in [4.78, 5) is 0. The Labute approximate surface area is 127 Å². The second-order valence-corrected chi connectivity index (χ2v) is 6.73. The molecule has 0 bridgehead atoms. The second kappa shape index (κ2) is 7.24. The van der Waals surface area contributed by atoms with Crippen LogP contribution in [0.1, 0.15) is 45.6 Å². The highest BCUT2D eigenvalue weighted by molar-refractivity contribution is 7.17. The fourth-order valence-electron chi connectivity index (χ4n) is 2.92. The molecule has 1 aromatic carbocycles. The van der Waals surface area contributed by atoms with E-state index in [9.17, 15) is 0 Å². The number of thiophene rings is 1. The van der Waals surface area contributed by atoms with E-state index in [0.29, 0.717) is 5.41 Å². The molecule has 1 heterocycles. The van der Waals surface area contributed by atoms with E-state index in [0.717, 1.165) is 13.1 Å². The van der Waals surface area contributed by atoms with Crippen LogP contribution in [0.15, 0.2) is 29.6 Å². The number of nitrogens with one attached hydrogen (secondary N) is 1. The van der Waals surface area contributed by atoms with Crippen molar-refractivity contribution < 1.29 is 0 Å². The topological polar surface area (TPSA) is 12.0 Å². The van der Waals surface area contributed by atoms with Gasteiger partial charge in [0.25, 0.3) is 0 Å². The predicted octanol–water partition coefficient (Wildman–Crippen LogP) is 5.25. The minimum atomic E-state index is 0.402. The van der Waals surface area contributed by atoms with Gasteiger partial charge in [0.1, 0.15) is 0 Å². The van der Waals surface area contributed by atoms with E-state index in [4.69, 9.17) is 0 Å². The standard InChI is InChI=1S/C18H27NS/c1-4-11-19-14-18(5-2,6-3)12-15-13-20-17-10-8-7-9-16(15)17/h7-10,13,19H,4-6,11-12,14H2,1-3H3. The van der Waals surface area contributed by atoms with Crippen molar-refractivity contribution in [2.75, 3.05) is 13.1 Å². The maximum absolute atomic E-state index is 3.64. The van der Waals surface area contributed by atoms with Crippen LogP contribution in [0.5, 0.6) is 0 Å². The quantitative estimate of drug-likeness (QED) is 0.654. The van der Waals surface area contributed by atoms with Crippen LogP contribution in [0.25, 0.3) is 10.1 Å². The van der Waals surface area contributed by atoms with Gasteiger partial charge in [0.2, 0.25) is 0 Å². The highest BCUT2D eigenvalue weighted by atomic mass is 32.1. The van der Waals surface area contributed by atoms with Crippen molar-refractivity contribution in [1.29, 1.82) is 0 Å². The lowest BCUT2D eigenvalue weighted by molar-refractivity contribution is 0.248. The first-order chi connectivity index (χ1) is 9.74. The van der Waals surface area contributed by atoms with Crippen molar-refractivity contribution in [1.82, 2.24) is 5.32 Å². The third kappa shape index (κ3) is 3.42. The minimum absolute atomic E-state index is 0.402. The van der Waals surface area contributed by atoms with E-state index in [2.05, 4.69) is 55.7 Å².